The number of hydrogen-bond donors (Lipinski definition) is 2. The number of H-pyrrole nitrogens is 1. The molecule has 0 saturated carbocycles. The van der Waals surface area contributed by atoms with Crippen LogP contribution in [0.15, 0.2) is 64.0 Å². The summed E-state index contributed by atoms with van der Waals surface area (Å²) in [4.78, 5) is 29.8. The Labute approximate surface area is 166 Å². The second kappa shape index (κ2) is 7.42. The number of nitrogens with zero attached hydrogens (tertiary/aromatic N) is 2. The predicted molar refractivity (Wildman–Crippen MR) is 109 cm³/mol. The Hall–Kier alpha value is -2.84. The van der Waals surface area contributed by atoms with Crippen molar-refractivity contribution < 1.29 is 4.79 Å². The van der Waals surface area contributed by atoms with Crippen LogP contribution >= 0.6 is 27.3 Å². The van der Waals surface area contributed by atoms with Crippen LogP contribution in [0.2, 0.25) is 0 Å². The van der Waals surface area contributed by atoms with E-state index in [0.717, 1.165) is 21.3 Å². The van der Waals surface area contributed by atoms with E-state index in [1.165, 1.54) is 11.3 Å². The molecule has 0 bridgehead atoms. The molecule has 4 aromatic rings. The van der Waals surface area contributed by atoms with Crippen LogP contribution in [-0.4, -0.2) is 21.1 Å². The molecule has 0 unspecified atom stereocenters. The van der Waals surface area contributed by atoms with Crippen LogP contribution in [-0.2, 0) is 6.42 Å². The molecule has 0 atom stereocenters. The van der Waals surface area contributed by atoms with Gasteiger partial charge in [-0.25, -0.2) is 10.1 Å². The molecular formula is C19H13BrN4O2S. The molecule has 27 heavy (non-hydrogen) atoms. The van der Waals surface area contributed by atoms with Gasteiger partial charge in [0, 0.05) is 27.4 Å². The van der Waals surface area contributed by atoms with Crippen molar-refractivity contribution >= 4 is 49.1 Å². The Balaban J connectivity index is 1.54. The van der Waals surface area contributed by atoms with Crippen molar-refractivity contribution in [1.29, 1.82) is 0 Å². The first-order valence-corrected chi connectivity index (χ1v) is 9.69. The summed E-state index contributed by atoms with van der Waals surface area (Å²) in [5.41, 5.74) is 0.996. The van der Waals surface area contributed by atoms with Crippen molar-refractivity contribution in [3.63, 3.8) is 0 Å². The molecule has 0 aliphatic carbocycles. The van der Waals surface area contributed by atoms with Gasteiger partial charge in [-0.15, -0.1) is 11.3 Å². The number of benzene rings is 2. The van der Waals surface area contributed by atoms with E-state index in [1.807, 2.05) is 24.3 Å². The fourth-order valence-electron chi connectivity index (χ4n) is 2.69. The number of halogens is 1. The molecule has 8 heteroatoms. The molecule has 0 fully saturated rings. The quantitative estimate of drug-likeness (QED) is 0.502. The lowest BCUT2D eigenvalue weighted by molar-refractivity contribution is 0.102. The van der Waals surface area contributed by atoms with Crippen LogP contribution in [0.3, 0.4) is 0 Å². The Kier molecular flexibility index (Phi) is 4.83. The number of carbonyl (C=O) groups is 1. The SMILES string of the molecule is O=C(Nc1ncc(Cc2ccc(Br)cc2)s1)c1n[nH]c(=O)c2ccccc12. The Bertz CT molecular complexity index is 1180. The number of hydrogen-bond acceptors (Lipinski definition) is 5. The number of anilines is 1. The lowest BCUT2D eigenvalue weighted by atomic mass is 10.1. The Morgan fingerprint density at radius 3 is 2.63 bits per heavy atom. The Morgan fingerprint density at radius 2 is 1.85 bits per heavy atom. The van der Waals surface area contributed by atoms with Gasteiger partial charge in [0.15, 0.2) is 10.8 Å². The fraction of sp³-hybridized carbons (Fsp3) is 0.0526. The average Bonchev–Trinajstić information content (AvgIpc) is 3.11. The summed E-state index contributed by atoms with van der Waals surface area (Å²) in [6.07, 6.45) is 2.49. The zero-order chi connectivity index (χ0) is 18.8. The second-order valence-corrected chi connectivity index (χ2v) is 7.87. The van der Waals surface area contributed by atoms with Gasteiger partial charge < -0.3 is 0 Å². The minimum Gasteiger partial charge on any atom is -0.296 e. The number of thiazole rings is 1. The zero-order valence-corrected chi connectivity index (χ0v) is 16.3. The summed E-state index contributed by atoms with van der Waals surface area (Å²) in [6.45, 7) is 0. The maximum atomic E-state index is 12.6. The molecular weight excluding hydrogens is 428 g/mol. The van der Waals surface area contributed by atoms with Gasteiger partial charge in [0.2, 0.25) is 0 Å². The molecule has 6 nitrogen and oxygen atoms in total. The lowest BCUT2D eigenvalue weighted by Crippen LogP contribution is -2.19. The highest BCUT2D eigenvalue weighted by Gasteiger charge is 2.15. The van der Waals surface area contributed by atoms with Crippen LogP contribution in [0.4, 0.5) is 5.13 Å². The largest absolute Gasteiger partial charge is 0.296 e. The first-order chi connectivity index (χ1) is 13.1. The number of fused-ring (bicyclic) bond motifs is 1. The molecule has 0 spiro atoms. The third-order valence-corrected chi connectivity index (χ3v) is 5.42. The highest BCUT2D eigenvalue weighted by molar-refractivity contribution is 9.10. The highest BCUT2D eigenvalue weighted by Crippen LogP contribution is 2.23. The monoisotopic (exact) mass is 440 g/mol. The molecule has 2 aromatic carbocycles. The van der Waals surface area contributed by atoms with Crippen LogP contribution in [0.25, 0.3) is 10.8 Å². The van der Waals surface area contributed by atoms with E-state index in [0.29, 0.717) is 15.9 Å². The maximum Gasteiger partial charge on any atom is 0.278 e. The third-order valence-electron chi connectivity index (χ3n) is 3.98. The summed E-state index contributed by atoms with van der Waals surface area (Å²) in [5, 5.41) is 10.5. The van der Waals surface area contributed by atoms with Crippen molar-refractivity contribution in [2.24, 2.45) is 0 Å². The third kappa shape index (κ3) is 3.81. The van der Waals surface area contributed by atoms with E-state index in [4.69, 9.17) is 0 Å². The summed E-state index contributed by atoms with van der Waals surface area (Å²) < 4.78 is 1.03. The molecule has 2 N–H and O–H groups in total. The fourth-order valence-corrected chi connectivity index (χ4v) is 3.80. The first kappa shape index (κ1) is 17.6. The summed E-state index contributed by atoms with van der Waals surface area (Å²) in [7, 11) is 0. The standard InChI is InChI=1S/C19H13BrN4O2S/c20-12-7-5-11(6-8-12)9-13-10-21-19(27-13)22-18(26)16-14-3-1-2-4-15(14)17(25)24-23-16/h1-8,10H,9H2,(H,24,25)(H,21,22,26). The van der Waals surface area contributed by atoms with Crippen LogP contribution < -0.4 is 10.9 Å². The Morgan fingerprint density at radius 1 is 1.11 bits per heavy atom. The number of rotatable bonds is 4. The van der Waals surface area contributed by atoms with E-state index < -0.39 is 5.91 Å². The molecule has 134 valence electrons. The van der Waals surface area contributed by atoms with Gasteiger partial charge in [-0.2, -0.15) is 5.10 Å². The number of carbonyl (C=O) groups excluding carboxylic acids is 1. The van der Waals surface area contributed by atoms with Gasteiger partial charge in [0.05, 0.1) is 5.39 Å². The molecule has 0 saturated heterocycles. The van der Waals surface area contributed by atoms with Crippen LogP contribution in [0, 0.1) is 0 Å². The van der Waals surface area contributed by atoms with E-state index in [9.17, 15) is 9.59 Å². The minimum atomic E-state index is -0.410. The van der Waals surface area contributed by atoms with E-state index in [1.54, 1.807) is 30.5 Å². The second-order valence-electron chi connectivity index (χ2n) is 5.84. The number of nitrogens with one attached hydrogen (secondary N) is 2. The molecule has 2 heterocycles. The minimum absolute atomic E-state index is 0.162. The van der Waals surface area contributed by atoms with Crippen LogP contribution in [0.1, 0.15) is 20.9 Å². The summed E-state index contributed by atoms with van der Waals surface area (Å²) >= 11 is 4.83. The van der Waals surface area contributed by atoms with Gasteiger partial charge in [-0.3, -0.25) is 14.9 Å². The summed E-state index contributed by atoms with van der Waals surface area (Å²) in [6, 6.07) is 14.9. The van der Waals surface area contributed by atoms with Crippen LogP contribution in [0.5, 0.6) is 0 Å². The molecule has 0 aliphatic rings. The van der Waals surface area contributed by atoms with E-state index >= 15 is 0 Å². The molecule has 4 rings (SSSR count). The van der Waals surface area contributed by atoms with Gasteiger partial charge in [-0.05, 0) is 23.8 Å². The van der Waals surface area contributed by atoms with Crippen molar-refractivity contribution in [3.05, 3.63) is 85.7 Å². The number of amides is 1. The number of aromatic nitrogens is 3. The highest BCUT2D eigenvalue weighted by atomic mass is 79.9. The molecule has 0 aliphatic heterocycles. The van der Waals surface area contributed by atoms with E-state index in [-0.39, 0.29) is 11.3 Å². The van der Waals surface area contributed by atoms with Gasteiger partial charge in [-0.1, -0.05) is 46.3 Å². The van der Waals surface area contributed by atoms with Gasteiger partial charge in [0.1, 0.15) is 0 Å². The van der Waals surface area contributed by atoms with Crippen molar-refractivity contribution in [1.82, 2.24) is 15.2 Å². The van der Waals surface area contributed by atoms with Crippen molar-refractivity contribution in [2.75, 3.05) is 5.32 Å². The summed E-state index contributed by atoms with van der Waals surface area (Å²) in [5.74, 6) is -0.410. The molecule has 2 aromatic heterocycles. The normalized spacial score (nSPS) is 10.9. The predicted octanol–water partition coefficient (Wildman–Crippen LogP) is 3.99. The molecule has 1 amide bonds. The van der Waals surface area contributed by atoms with Crippen molar-refractivity contribution in [2.45, 2.75) is 6.42 Å². The smallest absolute Gasteiger partial charge is 0.278 e. The topological polar surface area (TPSA) is 87.7 Å². The van der Waals surface area contributed by atoms with Gasteiger partial charge in [0.25, 0.3) is 11.5 Å². The average molecular weight is 441 g/mol. The van der Waals surface area contributed by atoms with Crippen molar-refractivity contribution in [3.8, 4) is 0 Å². The van der Waals surface area contributed by atoms with Gasteiger partial charge >= 0.3 is 0 Å². The number of aromatic amines is 1. The lowest BCUT2D eigenvalue weighted by Gasteiger charge is -2.04. The molecule has 0 radical (unpaired) electrons. The maximum absolute atomic E-state index is 12.6. The van der Waals surface area contributed by atoms with E-state index in [2.05, 4.69) is 36.4 Å². The zero-order valence-electron chi connectivity index (χ0n) is 13.9. The first-order valence-electron chi connectivity index (χ1n) is 8.08.